The van der Waals surface area contributed by atoms with E-state index in [0.29, 0.717) is 6.42 Å². The molecule has 0 N–H and O–H groups in total. The lowest BCUT2D eigenvalue weighted by Crippen LogP contribution is -2.40. The first-order valence-corrected chi connectivity index (χ1v) is 7.57. The van der Waals surface area contributed by atoms with Crippen LogP contribution in [0, 0.1) is 5.41 Å². The number of carbonyl (C=O) groups excluding carboxylic acids is 2. The van der Waals surface area contributed by atoms with Crippen molar-refractivity contribution in [3.05, 3.63) is 0 Å². The van der Waals surface area contributed by atoms with Crippen molar-refractivity contribution >= 4 is 11.9 Å². The maximum absolute atomic E-state index is 12.2. The lowest BCUT2D eigenvalue weighted by Gasteiger charge is -2.24. The van der Waals surface area contributed by atoms with Gasteiger partial charge in [0.15, 0.2) is 24.3 Å². The Bertz CT molecular complexity index is 498. The van der Waals surface area contributed by atoms with Gasteiger partial charge in [-0.25, -0.2) is 4.79 Å². The first kappa shape index (κ1) is 15.7. The van der Waals surface area contributed by atoms with E-state index >= 15 is 0 Å². The topological polar surface area (TPSA) is 80.3 Å². The summed E-state index contributed by atoms with van der Waals surface area (Å²) in [5.74, 6) is -1.83. The number of hydrogen-bond donors (Lipinski definition) is 0. The van der Waals surface area contributed by atoms with Gasteiger partial charge in [0.1, 0.15) is 6.10 Å². The fourth-order valence-corrected chi connectivity index (χ4v) is 2.75. The number of fused-ring (bicyclic) bond motifs is 3. The molecule has 0 bridgehead atoms. The Morgan fingerprint density at radius 3 is 2.55 bits per heavy atom. The second-order valence-electron chi connectivity index (χ2n) is 7.03. The first-order chi connectivity index (χ1) is 10.1. The van der Waals surface area contributed by atoms with E-state index in [2.05, 4.69) is 0 Å². The summed E-state index contributed by atoms with van der Waals surface area (Å²) in [4.78, 5) is 24.2. The molecule has 3 rings (SSSR count). The molecular weight excluding hydrogens is 292 g/mol. The van der Waals surface area contributed by atoms with Crippen LogP contribution in [0.4, 0.5) is 0 Å². The molecule has 0 amide bonds. The van der Waals surface area contributed by atoms with Crippen LogP contribution in [-0.4, -0.2) is 48.4 Å². The molecule has 3 fully saturated rings. The van der Waals surface area contributed by atoms with E-state index in [1.54, 1.807) is 27.7 Å². The van der Waals surface area contributed by atoms with E-state index < -0.39 is 53.8 Å². The van der Waals surface area contributed by atoms with Crippen LogP contribution >= 0.6 is 0 Å². The third-order valence-electron chi connectivity index (χ3n) is 4.48. The van der Waals surface area contributed by atoms with Crippen LogP contribution in [0.1, 0.15) is 41.0 Å². The van der Waals surface area contributed by atoms with Crippen molar-refractivity contribution in [2.24, 2.45) is 5.41 Å². The third-order valence-corrected chi connectivity index (χ3v) is 4.48. The Morgan fingerprint density at radius 2 is 1.91 bits per heavy atom. The quantitative estimate of drug-likeness (QED) is 0.722. The summed E-state index contributed by atoms with van der Waals surface area (Å²) in [5, 5.41) is 0. The summed E-state index contributed by atoms with van der Waals surface area (Å²) in [6.07, 6.45) is -2.86. The molecule has 3 aliphatic rings. The average molecular weight is 314 g/mol. The van der Waals surface area contributed by atoms with Gasteiger partial charge in [-0.3, -0.25) is 4.79 Å². The van der Waals surface area contributed by atoms with Crippen molar-refractivity contribution in [1.82, 2.24) is 0 Å². The summed E-state index contributed by atoms with van der Waals surface area (Å²) >= 11 is 0. The summed E-state index contributed by atoms with van der Waals surface area (Å²) in [5.41, 5.74) is -0.665. The molecule has 3 heterocycles. The average Bonchev–Trinajstić information content (AvgIpc) is 2.98. The van der Waals surface area contributed by atoms with Crippen molar-refractivity contribution in [2.75, 3.05) is 0 Å². The number of ether oxygens (including phenoxy) is 5. The molecule has 0 radical (unpaired) electrons. The Labute approximate surface area is 129 Å². The predicted molar refractivity (Wildman–Crippen MR) is 72.5 cm³/mol. The largest absolute Gasteiger partial charge is 0.454 e. The van der Waals surface area contributed by atoms with E-state index in [4.69, 9.17) is 23.7 Å². The smallest absolute Gasteiger partial charge is 0.350 e. The molecule has 0 aromatic carbocycles. The molecular formula is C15H22O7. The van der Waals surface area contributed by atoms with Crippen molar-refractivity contribution < 1.29 is 33.3 Å². The maximum Gasteiger partial charge on any atom is 0.350 e. The number of rotatable bonds is 3. The van der Waals surface area contributed by atoms with Gasteiger partial charge in [0.05, 0.1) is 5.41 Å². The molecule has 0 aromatic heterocycles. The van der Waals surface area contributed by atoms with Crippen LogP contribution in [0.3, 0.4) is 0 Å². The SMILES string of the molecule is CCC(C)(C)C(=O)O[C@@H]1C(=O)O[C@@H]2[C@H]3OC(C)(C)O[C@H]3O[C@@H]21. The molecule has 0 unspecified atom stereocenters. The Morgan fingerprint density at radius 1 is 1.23 bits per heavy atom. The van der Waals surface area contributed by atoms with Gasteiger partial charge < -0.3 is 23.7 Å². The first-order valence-electron chi connectivity index (χ1n) is 7.57. The van der Waals surface area contributed by atoms with Gasteiger partial charge in [-0.05, 0) is 34.1 Å². The van der Waals surface area contributed by atoms with E-state index in [-0.39, 0.29) is 0 Å². The normalized spacial score (nSPS) is 39.3. The van der Waals surface area contributed by atoms with Gasteiger partial charge in [-0.1, -0.05) is 6.92 Å². The zero-order valence-corrected chi connectivity index (χ0v) is 13.5. The van der Waals surface area contributed by atoms with E-state index in [0.717, 1.165) is 0 Å². The van der Waals surface area contributed by atoms with E-state index in [1.165, 1.54) is 0 Å². The molecule has 7 heteroatoms. The minimum Gasteiger partial charge on any atom is -0.454 e. The highest BCUT2D eigenvalue weighted by Gasteiger charge is 2.64. The predicted octanol–water partition coefficient (Wildman–Crippen LogP) is 1.14. The highest BCUT2D eigenvalue weighted by atomic mass is 16.8. The van der Waals surface area contributed by atoms with Crippen LogP contribution in [0.15, 0.2) is 0 Å². The second kappa shape index (κ2) is 4.91. The van der Waals surface area contributed by atoms with Gasteiger partial charge in [0.25, 0.3) is 0 Å². The lowest BCUT2D eigenvalue weighted by atomic mass is 9.90. The Kier molecular flexibility index (Phi) is 3.50. The molecule has 3 aliphatic heterocycles. The monoisotopic (exact) mass is 314 g/mol. The minimum absolute atomic E-state index is 0.444. The van der Waals surface area contributed by atoms with Crippen molar-refractivity contribution in [3.8, 4) is 0 Å². The van der Waals surface area contributed by atoms with E-state index in [1.807, 2.05) is 6.92 Å². The minimum atomic E-state index is -1.07. The molecule has 0 aliphatic carbocycles. The molecule has 7 nitrogen and oxygen atoms in total. The van der Waals surface area contributed by atoms with E-state index in [9.17, 15) is 9.59 Å². The van der Waals surface area contributed by atoms with Crippen molar-refractivity contribution in [2.45, 2.75) is 77.5 Å². The molecule has 22 heavy (non-hydrogen) atoms. The van der Waals surface area contributed by atoms with Crippen LogP contribution in [0.5, 0.6) is 0 Å². The maximum atomic E-state index is 12.2. The fraction of sp³-hybridized carbons (Fsp3) is 0.867. The Balaban J connectivity index is 1.72. The molecule has 5 atom stereocenters. The van der Waals surface area contributed by atoms with Crippen LogP contribution < -0.4 is 0 Å². The summed E-state index contributed by atoms with van der Waals surface area (Å²) in [6, 6.07) is 0. The second-order valence-corrected chi connectivity index (χ2v) is 7.03. The fourth-order valence-electron chi connectivity index (χ4n) is 2.75. The molecule has 3 saturated heterocycles. The summed E-state index contributed by atoms with van der Waals surface area (Å²) in [7, 11) is 0. The highest BCUT2D eigenvalue weighted by Crippen LogP contribution is 2.43. The van der Waals surface area contributed by atoms with Crippen LogP contribution in [-0.2, 0) is 33.3 Å². The zero-order chi connectivity index (χ0) is 16.3. The number of esters is 2. The molecule has 0 spiro atoms. The highest BCUT2D eigenvalue weighted by molar-refractivity contribution is 5.84. The van der Waals surface area contributed by atoms with Gasteiger partial charge in [0, 0.05) is 0 Å². The third kappa shape index (κ3) is 2.41. The van der Waals surface area contributed by atoms with Gasteiger partial charge >= 0.3 is 11.9 Å². The zero-order valence-electron chi connectivity index (χ0n) is 13.5. The van der Waals surface area contributed by atoms with Gasteiger partial charge in [0.2, 0.25) is 6.10 Å². The van der Waals surface area contributed by atoms with Crippen LogP contribution in [0.2, 0.25) is 0 Å². The van der Waals surface area contributed by atoms with Crippen molar-refractivity contribution in [3.63, 3.8) is 0 Å². The molecule has 0 aromatic rings. The number of carbonyl (C=O) groups is 2. The summed E-state index contributed by atoms with van der Waals surface area (Å²) in [6.45, 7) is 8.96. The van der Waals surface area contributed by atoms with Gasteiger partial charge in [-0.2, -0.15) is 0 Å². The van der Waals surface area contributed by atoms with Gasteiger partial charge in [-0.15, -0.1) is 0 Å². The molecule has 0 saturated carbocycles. The van der Waals surface area contributed by atoms with Crippen LogP contribution in [0.25, 0.3) is 0 Å². The number of hydrogen-bond acceptors (Lipinski definition) is 7. The summed E-state index contributed by atoms with van der Waals surface area (Å²) < 4.78 is 27.7. The Hall–Kier alpha value is -1.18. The molecule has 124 valence electrons. The lowest BCUT2D eigenvalue weighted by molar-refractivity contribution is -0.217. The standard InChI is InChI=1S/C15H22O7/c1-6-14(2,3)13(17)20-9-7-8(18-11(9)16)10-12(19-7)22-15(4,5)21-10/h7-10,12H,6H2,1-5H3/t7-,8-,9-,10+,12+/m0/s1. The van der Waals surface area contributed by atoms with Crippen molar-refractivity contribution in [1.29, 1.82) is 0 Å².